The highest BCUT2D eigenvalue weighted by Crippen LogP contribution is 2.21. The van der Waals surface area contributed by atoms with Gasteiger partial charge in [-0.15, -0.1) is 0 Å². The molecule has 3 rings (SSSR count). The van der Waals surface area contributed by atoms with Crippen molar-refractivity contribution in [3.8, 4) is 0 Å². The molecule has 1 heterocycles. The highest BCUT2D eigenvalue weighted by molar-refractivity contribution is 7.89. The van der Waals surface area contributed by atoms with Gasteiger partial charge in [-0.05, 0) is 49.1 Å². The largest absolute Gasteiger partial charge is 0.351 e. The van der Waals surface area contributed by atoms with Gasteiger partial charge in [0.15, 0.2) is 0 Å². The lowest BCUT2D eigenvalue weighted by Gasteiger charge is -2.22. The number of sulfonamides is 1. The fourth-order valence-corrected chi connectivity index (χ4v) is 4.80. The molecule has 2 N–H and O–H groups in total. The van der Waals surface area contributed by atoms with Gasteiger partial charge in [-0.25, -0.2) is 8.42 Å². The topological polar surface area (TPSA) is 95.6 Å². The molecule has 2 aromatic carbocycles. The van der Waals surface area contributed by atoms with Crippen LogP contribution in [0.2, 0.25) is 0 Å². The Morgan fingerprint density at radius 1 is 1.06 bits per heavy atom. The van der Waals surface area contributed by atoms with E-state index in [2.05, 4.69) is 10.0 Å². The molecule has 1 atom stereocenters. The van der Waals surface area contributed by atoms with Crippen LogP contribution >= 0.6 is 0 Å². The average Bonchev–Trinajstić information content (AvgIpc) is 3.16. The lowest BCUT2D eigenvalue weighted by atomic mass is 10.0. The second kappa shape index (κ2) is 9.62. The summed E-state index contributed by atoms with van der Waals surface area (Å²) in [5.74, 6) is -0.491. The maximum atomic E-state index is 12.7. The zero-order valence-corrected chi connectivity index (χ0v) is 18.9. The van der Waals surface area contributed by atoms with E-state index in [1.165, 1.54) is 12.1 Å². The van der Waals surface area contributed by atoms with Crippen molar-refractivity contribution in [3.05, 3.63) is 59.7 Å². The van der Waals surface area contributed by atoms with E-state index in [1.807, 2.05) is 31.2 Å². The van der Waals surface area contributed by atoms with E-state index in [0.717, 1.165) is 29.8 Å². The molecule has 0 radical (unpaired) electrons. The number of nitrogens with one attached hydrogen (secondary N) is 2. The van der Waals surface area contributed by atoms with Crippen LogP contribution in [0, 0.1) is 12.8 Å². The van der Waals surface area contributed by atoms with Crippen molar-refractivity contribution in [2.75, 3.05) is 11.4 Å². The Balaban J connectivity index is 1.63. The zero-order chi connectivity index (χ0) is 22.6. The number of anilines is 1. The van der Waals surface area contributed by atoms with Gasteiger partial charge in [0.1, 0.15) is 6.04 Å². The molecule has 0 aliphatic carbocycles. The summed E-state index contributed by atoms with van der Waals surface area (Å²) in [6.07, 6.45) is 1.44. The molecule has 7 nitrogen and oxygen atoms in total. The van der Waals surface area contributed by atoms with Gasteiger partial charge in [0.05, 0.1) is 4.90 Å². The quantitative estimate of drug-likeness (QED) is 0.656. The molecule has 8 heteroatoms. The van der Waals surface area contributed by atoms with Gasteiger partial charge in [-0.1, -0.05) is 43.7 Å². The third kappa shape index (κ3) is 5.71. The van der Waals surface area contributed by atoms with Crippen molar-refractivity contribution in [3.63, 3.8) is 0 Å². The molecule has 0 bridgehead atoms. The maximum absolute atomic E-state index is 12.7. The number of rotatable bonds is 8. The Bertz CT molecular complexity index is 1030. The number of carbonyl (C=O) groups is 2. The summed E-state index contributed by atoms with van der Waals surface area (Å²) < 4.78 is 27.9. The van der Waals surface area contributed by atoms with Gasteiger partial charge in [0.2, 0.25) is 21.8 Å². The molecule has 1 fully saturated rings. The Hall–Kier alpha value is -2.71. The zero-order valence-electron chi connectivity index (χ0n) is 18.1. The van der Waals surface area contributed by atoms with Crippen LogP contribution < -0.4 is 14.9 Å². The molecule has 0 unspecified atom stereocenters. The van der Waals surface area contributed by atoms with Crippen LogP contribution in [-0.2, 0) is 26.2 Å². The SMILES string of the molecule is Cc1ccc(S(=O)(=O)N[C@H](C(=O)NCc2ccc(N3CCCC3=O)cc2)C(C)C)cc1. The predicted octanol–water partition coefficient (Wildman–Crippen LogP) is 2.74. The number of aryl methyl sites for hydroxylation is 1. The first kappa shape index (κ1) is 23.0. The van der Waals surface area contributed by atoms with E-state index >= 15 is 0 Å². The summed E-state index contributed by atoms with van der Waals surface area (Å²) in [6.45, 7) is 6.46. The Morgan fingerprint density at radius 2 is 1.71 bits per heavy atom. The fraction of sp³-hybridized carbons (Fsp3) is 0.391. The fourth-order valence-electron chi connectivity index (χ4n) is 3.46. The van der Waals surface area contributed by atoms with Crippen molar-refractivity contribution >= 4 is 27.5 Å². The summed E-state index contributed by atoms with van der Waals surface area (Å²) >= 11 is 0. The van der Waals surface area contributed by atoms with E-state index in [1.54, 1.807) is 30.9 Å². The molecule has 0 saturated carbocycles. The second-order valence-corrected chi connectivity index (χ2v) is 9.90. The summed E-state index contributed by atoms with van der Waals surface area (Å²) in [7, 11) is -3.82. The number of hydrogen-bond acceptors (Lipinski definition) is 4. The van der Waals surface area contributed by atoms with Crippen LogP contribution in [0.5, 0.6) is 0 Å². The molecule has 31 heavy (non-hydrogen) atoms. The number of carbonyl (C=O) groups excluding carboxylic acids is 2. The molecular weight excluding hydrogens is 414 g/mol. The lowest BCUT2D eigenvalue weighted by molar-refractivity contribution is -0.123. The third-order valence-electron chi connectivity index (χ3n) is 5.35. The predicted molar refractivity (Wildman–Crippen MR) is 120 cm³/mol. The van der Waals surface area contributed by atoms with E-state index < -0.39 is 16.1 Å². The minimum Gasteiger partial charge on any atom is -0.351 e. The standard InChI is InChI=1S/C23H29N3O4S/c1-16(2)22(25-31(29,30)20-12-6-17(3)7-13-20)23(28)24-15-18-8-10-19(11-9-18)26-14-4-5-21(26)27/h6-13,16,22,25H,4-5,14-15H2,1-3H3,(H,24,28)/t22-/m0/s1. The monoisotopic (exact) mass is 443 g/mol. The van der Waals surface area contributed by atoms with Crippen LogP contribution in [0.3, 0.4) is 0 Å². The first-order valence-corrected chi connectivity index (χ1v) is 11.9. The van der Waals surface area contributed by atoms with Gasteiger partial charge in [0.25, 0.3) is 0 Å². The number of amides is 2. The minimum atomic E-state index is -3.82. The molecule has 0 spiro atoms. The molecular formula is C23H29N3O4S. The van der Waals surface area contributed by atoms with Crippen LogP contribution in [-0.4, -0.2) is 32.8 Å². The summed E-state index contributed by atoms with van der Waals surface area (Å²) in [5, 5.41) is 2.81. The van der Waals surface area contributed by atoms with Gasteiger partial charge < -0.3 is 10.2 Å². The lowest BCUT2D eigenvalue weighted by Crippen LogP contribution is -2.49. The van der Waals surface area contributed by atoms with Crippen LogP contribution in [0.4, 0.5) is 5.69 Å². The molecule has 0 aromatic heterocycles. The number of nitrogens with zero attached hydrogens (tertiary/aromatic N) is 1. The first-order valence-electron chi connectivity index (χ1n) is 10.4. The van der Waals surface area contributed by atoms with Gasteiger partial charge in [0, 0.05) is 25.2 Å². The molecule has 1 aliphatic rings. The maximum Gasteiger partial charge on any atom is 0.241 e. The Kier molecular flexibility index (Phi) is 7.12. The molecule has 2 amide bonds. The van der Waals surface area contributed by atoms with Crippen molar-refractivity contribution in [2.24, 2.45) is 5.92 Å². The highest BCUT2D eigenvalue weighted by atomic mass is 32.2. The van der Waals surface area contributed by atoms with Crippen LogP contribution in [0.1, 0.15) is 37.8 Å². The Morgan fingerprint density at radius 3 is 2.26 bits per heavy atom. The van der Waals surface area contributed by atoms with Gasteiger partial charge in [-0.3, -0.25) is 9.59 Å². The van der Waals surface area contributed by atoms with Crippen molar-refractivity contribution < 1.29 is 18.0 Å². The Labute approximate surface area is 183 Å². The third-order valence-corrected chi connectivity index (χ3v) is 6.81. The van der Waals surface area contributed by atoms with Crippen LogP contribution in [0.25, 0.3) is 0 Å². The van der Waals surface area contributed by atoms with Crippen molar-refractivity contribution in [1.29, 1.82) is 0 Å². The highest BCUT2D eigenvalue weighted by Gasteiger charge is 2.28. The molecule has 1 aliphatic heterocycles. The molecule has 1 saturated heterocycles. The van der Waals surface area contributed by atoms with Crippen LogP contribution in [0.15, 0.2) is 53.4 Å². The van der Waals surface area contributed by atoms with E-state index in [9.17, 15) is 18.0 Å². The summed E-state index contributed by atoms with van der Waals surface area (Å²) in [5.41, 5.74) is 2.67. The molecule has 2 aromatic rings. The van der Waals surface area contributed by atoms with E-state index in [0.29, 0.717) is 6.42 Å². The molecule has 166 valence electrons. The van der Waals surface area contributed by atoms with Crippen molar-refractivity contribution in [1.82, 2.24) is 10.0 Å². The van der Waals surface area contributed by atoms with Crippen molar-refractivity contribution in [2.45, 2.75) is 51.1 Å². The number of hydrogen-bond donors (Lipinski definition) is 2. The number of benzene rings is 2. The van der Waals surface area contributed by atoms with E-state index in [-0.39, 0.29) is 29.2 Å². The van der Waals surface area contributed by atoms with Gasteiger partial charge >= 0.3 is 0 Å². The summed E-state index contributed by atoms with van der Waals surface area (Å²) in [6, 6.07) is 13.1. The summed E-state index contributed by atoms with van der Waals surface area (Å²) in [4.78, 5) is 26.5. The second-order valence-electron chi connectivity index (χ2n) is 8.19. The average molecular weight is 444 g/mol. The smallest absolute Gasteiger partial charge is 0.241 e. The first-order chi connectivity index (χ1) is 14.7. The minimum absolute atomic E-state index is 0.127. The normalized spacial score (nSPS) is 15.4. The van der Waals surface area contributed by atoms with E-state index in [4.69, 9.17) is 0 Å². The van der Waals surface area contributed by atoms with Gasteiger partial charge in [-0.2, -0.15) is 4.72 Å².